The Kier molecular flexibility index (Phi) is 15.2. The number of hydrogen-bond acceptors (Lipinski definition) is 11. The lowest BCUT2D eigenvalue weighted by molar-refractivity contribution is -0.142. The van der Waals surface area contributed by atoms with E-state index in [0.717, 1.165) is 6.29 Å². The number of ether oxygens (including phenoxy) is 1. The first kappa shape index (κ1) is 37.1. The number of ketones is 1. The van der Waals surface area contributed by atoms with Crippen LogP contribution in [0, 0.1) is 10.8 Å². The molecule has 1 atom stereocenters. The summed E-state index contributed by atoms with van der Waals surface area (Å²) < 4.78 is 4.82. The van der Waals surface area contributed by atoms with Gasteiger partial charge in [-0.1, -0.05) is 27.7 Å². The fourth-order valence-electron chi connectivity index (χ4n) is 4.90. The van der Waals surface area contributed by atoms with Gasteiger partial charge in [0.2, 0.25) is 5.91 Å². The maximum absolute atomic E-state index is 13.3. The first-order valence-corrected chi connectivity index (χ1v) is 14.2. The van der Waals surface area contributed by atoms with E-state index in [1.165, 1.54) is 14.0 Å². The summed E-state index contributed by atoms with van der Waals surface area (Å²) in [4.78, 5) is 79.3. The molecule has 0 aromatic heterocycles. The summed E-state index contributed by atoms with van der Waals surface area (Å²) in [6, 6.07) is -0.841. The standard InChI is InChI=1S/C28H49N5O9/c1-21(35)26(28(4,5)27(2,3)7-16-34)29-22(36)17-30-8-10-31(18-23(37)38)11-12-32(19-24(39)40)13-15-33(14-9-30)20-25(41)42-6/h16,26H,7-15,17-20H2,1-6H3,(H,29,36)(H,37,38)(H,39,40). The minimum atomic E-state index is -1.02. The van der Waals surface area contributed by atoms with Gasteiger partial charge in [0.15, 0.2) is 5.78 Å². The zero-order chi connectivity index (χ0) is 32.1. The number of methoxy groups -OCH3 is 1. The Labute approximate surface area is 248 Å². The van der Waals surface area contributed by atoms with Crippen molar-refractivity contribution in [1.29, 1.82) is 0 Å². The van der Waals surface area contributed by atoms with E-state index in [2.05, 4.69) is 5.32 Å². The van der Waals surface area contributed by atoms with Crippen molar-refractivity contribution in [3.63, 3.8) is 0 Å². The Bertz CT molecular complexity index is 956. The van der Waals surface area contributed by atoms with Crippen LogP contribution in [-0.4, -0.2) is 157 Å². The second-order valence-electron chi connectivity index (χ2n) is 12.1. The fourth-order valence-corrected chi connectivity index (χ4v) is 4.90. The molecule has 0 aromatic rings. The summed E-state index contributed by atoms with van der Waals surface area (Å²) >= 11 is 0. The number of carbonyl (C=O) groups excluding carboxylic acids is 4. The quantitative estimate of drug-likeness (QED) is 0.168. The average molecular weight is 600 g/mol. The van der Waals surface area contributed by atoms with Crippen molar-refractivity contribution in [2.24, 2.45) is 10.8 Å². The molecule has 0 aromatic carbocycles. The Morgan fingerprint density at radius 1 is 0.762 bits per heavy atom. The first-order chi connectivity index (χ1) is 19.5. The van der Waals surface area contributed by atoms with Crippen molar-refractivity contribution in [2.45, 2.75) is 47.1 Å². The lowest BCUT2D eigenvalue weighted by atomic mass is 9.61. The molecule has 3 N–H and O–H groups in total. The number of hydrogen-bond donors (Lipinski definition) is 3. The summed E-state index contributed by atoms with van der Waals surface area (Å²) in [7, 11) is 1.28. The fraction of sp³-hybridized carbons (Fsp3) is 0.786. The van der Waals surface area contributed by atoms with Gasteiger partial charge < -0.3 is 25.1 Å². The van der Waals surface area contributed by atoms with E-state index in [0.29, 0.717) is 52.4 Å². The monoisotopic (exact) mass is 599 g/mol. The molecule has 1 amide bonds. The normalized spacial score (nSPS) is 18.2. The van der Waals surface area contributed by atoms with E-state index in [1.54, 1.807) is 9.80 Å². The smallest absolute Gasteiger partial charge is 0.319 e. The molecule has 1 fully saturated rings. The van der Waals surface area contributed by atoms with Crippen LogP contribution in [0.5, 0.6) is 0 Å². The molecule has 14 heteroatoms. The highest BCUT2D eigenvalue weighted by Crippen LogP contribution is 2.43. The molecule has 1 aliphatic heterocycles. The van der Waals surface area contributed by atoms with Crippen molar-refractivity contribution < 1.29 is 43.7 Å². The van der Waals surface area contributed by atoms with E-state index in [9.17, 15) is 39.0 Å². The summed E-state index contributed by atoms with van der Waals surface area (Å²) in [6.07, 6.45) is 1.02. The minimum absolute atomic E-state index is 0.0188. The highest BCUT2D eigenvalue weighted by Gasteiger charge is 2.45. The number of Topliss-reactive ketones (excluding diaryl/α,β-unsaturated/α-hetero) is 1. The van der Waals surface area contributed by atoms with Crippen LogP contribution >= 0.6 is 0 Å². The second kappa shape index (κ2) is 17.2. The van der Waals surface area contributed by atoms with Gasteiger partial charge in [0.25, 0.3) is 0 Å². The van der Waals surface area contributed by atoms with Crippen LogP contribution in [0.3, 0.4) is 0 Å². The Morgan fingerprint density at radius 2 is 1.14 bits per heavy atom. The van der Waals surface area contributed by atoms with E-state index in [1.807, 2.05) is 37.5 Å². The highest BCUT2D eigenvalue weighted by atomic mass is 16.5. The van der Waals surface area contributed by atoms with Crippen LogP contribution < -0.4 is 5.32 Å². The van der Waals surface area contributed by atoms with Crippen molar-refractivity contribution in [1.82, 2.24) is 24.9 Å². The molecule has 1 heterocycles. The van der Waals surface area contributed by atoms with Gasteiger partial charge in [0.05, 0.1) is 39.3 Å². The number of rotatable bonds is 14. The number of amides is 1. The minimum Gasteiger partial charge on any atom is -0.480 e. The van der Waals surface area contributed by atoms with Gasteiger partial charge in [0, 0.05) is 58.8 Å². The van der Waals surface area contributed by atoms with Crippen LogP contribution in [0.2, 0.25) is 0 Å². The number of nitrogens with zero attached hydrogens (tertiary/aromatic N) is 4. The molecule has 0 aliphatic carbocycles. The molecule has 42 heavy (non-hydrogen) atoms. The van der Waals surface area contributed by atoms with Crippen molar-refractivity contribution in [3.05, 3.63) is 0 Å². The molecule has 0 radical (unpaired) electrons. The van der Waals surface area contributed by atoms with Gasteiger partial charge in [-0.15, -0.1) is 0 Å². The molecule has 1 unspecified atom stereocenters. The van der Waals surface area contributed by atoms with Gasteiger partial charge in [-0.3, -0.25) is 43.6 Å². The van der Waals surface area contributed by atoms with Crippen molar-refractivity contribution in [2.75, 3.05) is 85.6 Å². The van der Waals surface area contributed by atoms with Gasteiger partial charge >= 0.3 is 17.9 Å². The topological polar surface area (TPSA) is 177 Å². The lowest BCUT2D eigenvalue weighted by Crippen LogP contribution is -2.57. The molecule has 0 bridgehead atoms. The van der Waals surface area contributed by atoms with Crippen LogP contribution in [0.1, 0.15) is 41.0 Å². The van der Waals surface area contributed by atoms with E-state index in [-0.39, 0.29) is 38.4 Å². The molecule has 1 aliphatic rings. The number of aldehydes is 1. The van der Waals surface area contributed by atoms with Crippen molar-refractivity contribution >= 4 is 35.9 Å². The number of carboxylic acids is 2. The SMILES string of the molecule is COC(=O)CN1CCN(CC(=O)O)CCN(CC(=O)O)CCN(CC(=O)NC(C(C)=O)C(C)(C)C(C)(C)CC=O)CC1. The van der Waals surface area contributed by atoms with E-state index >= 15 is 0 Å². The molecule has 0 spiro atoms. The molecular formula is C28H49N5O9. The molecule has 0 saturated carbocycles. The van der Waals surface area contributed by atoms with E-state index in [4.69, 9.17) is 4.74 Å². The number of esters is 1. The third kappa shape index (κ3) is 12.5. The third-order valence-electron chi connectivity index (χ3n) is 8.37. The predicted octanol–water partition coefficient (Wildman–Crippen LogP) is -0.735. The number of aliphatic carboxylic acids is 2. The first-order valence-electron chi connectivity index (χ1n) is 14.2. The van der Waals surface area contributed by atoms with Crippen LogP contribution in [0.25, 0.3) is 0 Å². The van der Waals surface area contributed by atoms with Crippen LogP contribution in [0.4, 0.5) is 0 Å². The predicted molar refractivity (Wildman–Crippen MR) is 154 cm³/mol. The number of carboxylic acid groups (broad SMARTS) is 2. The van der Waals surface area contributed by atoms with Crippen molar-refractivity contribution in [3.8, 4) is 0 Å². The number of nitrogens with one attached hydrogen (secondary N) is 1. The summed E-state index contributed by atoms with van der Waals surface area (Å²) in [5.74, 6) is -3.11. The maximum Gasteiger partial charge on any atom is 0.319 e. The molecular weight excluding hydrogens is 550 g/mol. The second-order valence-corrected chi connectivity index (χ2v) is 12.1. The Balaban J connectivity index is 3.18. The summed E-state index contributed by atoms with van der Waals surface area (Å²) in [5, 5.41) is 21.6. The lowest BCUT2D eigenvalue weighted by Gasteiger charge is -2.45. The molecule has 14 nitrogen and oxygen atoms in total. The summed E-state index contributed by atoms with van der Waals surface area (Å²) in [5.41, 5.74) is -1.32. The highest BCUT2D eigenvalue weighted by molar-refractivity contribution is 5.89. The van der Waals surface area contributed by atoms with Gasteiger partial charge in [0.1, 0.15) is 6.29 Å². The van der Waals surface area contributed by atoms with Gasteiger partial charge in [-0.25, -0.2) is 0 Å². The van der Waals surface area contributed by atoms with Crippen LogP contribution in [-0.2, 0) is 33.5 Å². The molecule has 1 rings (SSSR count). The number of carbonyl (C=O) groups is 6. The van der Waals surface area contributed by atoms with Gasteiger partial charge in [-0.2, -0.15) is 0 Å². The molecule has 240 valence electrons. The van der Waals surface area contributed by atoms with E-state index < -0.39 is 40.7 Å². The van der Waals surface area contributed by atoms with Gasteiger partial charge in [-0.05, 0) is 17.8 Å². The largest absolute Gasteiger partial charge is 0.480 e. The Hall–Kier alpha value is -2.94. The average Bonchev–Trinajstić information content (AvgIpc) is 2.87. The van der Waals surface area contributed by atoms with Crippen LogP contribution in [0.15, 0.2) is 0 Å². The Morgan fingerprint density at radius 3 is 1.48 bits per heavy atom. The third-order valence-corrected chi connectivity index (χ3v) is 8.37. The zero-order valence-corrected chi connectivity index (χ0v) is 25.9. The molecule has 1 saturated heterocycles. The maximum atomic E-state index is 13.3. The zero-order valence-electron chi connectivity index (χ0n) is 25.9. The summed E-state index contributed by atoms with van der Waals surface area (Å²) in [6.45, 7) is 10.9.